The minimum atomic E-state index is 1.14. The van der Waals surface area contributed by atoms with Gasteiger partial charge in [0.25, 0.3) is 0 Å². The Bertz CT molecular complexity index is 332. The molecule has 0 unspecified atom stereocenters. The Morgan fingerprint density at radius 2 is 2.11 bits per heavy atom. The topological polar surface area (TPSA) is 28.2 Å². The standard InChI is InChI=1S/C14H25N3S/c1-2-5-13-12-18-14(16-13)6-3-4-9-17-10-7-15-8-11-17/h12,15H,2-11H2,1H3. The Morgan fingerprint density at radius 1 is 1.28 bits per heavy atom. The summed E-state index contributed by atoms with van der Waals surface area (Å²) in [7, 11) is 0. The molecule has 18 heavy (non-hydrogen) atoms. The zero-order valence-electron chi connectivity index (χ0n) is 11.5. The van der Waals surface area contributed by atoms with Crippen LogP contribution < -0.4 is 5.32 Å². The summed E-state index contributed by atoms with van der Waals surface area (Å²) in [6.45, 7) is 8.23. The Labute approximate surface area is 115 Å². The van der Waals surface area contributed by atoms with Gasteiger partial charge in [0.1, 0.15) is 0 Å². The van der Waals surface area contributed by atoms with E-state index < -0.39 is 0 Å². The van der Waals surface area contributed by atoms with Crippen molar-refractivity contribution >= 4 is 11.3 Å². The van der Waals surface area contributed by atoms with Crippen molar-refractivity contribution in [1.29, 1.82) is 0 Å². The third-order valence-corrected chi connectivity index (χ3v) is 4.39. The Kier molecular flexibility index (Phi) is 6.11. The Hall–Kier alpha value is -0.450. The van der Waals surface area contributed by atoms with E-state index in [-0.39, 0.29) is 0 Å². The number of nitrogens with zero attached hydrogens (tertiary/aromatic N) is 2. The van der Waals surface area contributed by atoms with Crippen molar-refractivity contribution in [3.8, 4) is 0 Å². The van der Waals surface area contributed by atoms with Gasteiger partial charge in [0, 0.05) is 31.6 Å². The second kappa shape index (κ2) is 7.87. The molecule has 1 fully saturated rings. The molecule has 1 aliphatic rings. The molecule has 2 heterocycles. The minimum absolute atomic E-state index is 1.14. The lowest BCUT2D eigenvalue weighted by Gasteiger charge is -2.26. The van der Waals surface area contributed by atoms with Gasteiger partial charge in [0.05, 0.1) is 10.7 Å². The average molecular weight is 267 g/mol. The fourth-order valence-corrected chi connectivity index (χ4v) is 3.26. The molecule has 0 radical (unpaired) electrons. The molecule has 3 nitrogen and oxygen atoms in total. The summed E-state index contributed by atoms with van der Waals surface area (Å²) >= 11 is 1.84. The highest BCUT2D eigenvalue weighted by molar-refractivity contribution is 7.09. The second-order valence-corrected chi connectivity index (χ2v) is 5.97. The van der Waals surface area contributed by atoms with Crippen molar-refractivity contribution in [3.05, 3.63) is 16.1 Å². The van der Waals surface area contributed by atoms with Crippen LogP contribution in [-0.2, 0) is 12.8 Å². The van der Waals surface area contributed by atoms with E-state index in [4.69, 9.17) is 0 Å². The van der Waals surface area contributed by atoms with Gasteiger partial charge in [-0.15, -0.1) is 11.3 Å². The highest BCUT2D eigenvalue weighted by atomic mass is 32.1. The zero-order chi connectivity index (χ0) is 12.6. The summed E-state index contributed by atoms with van der Waals surface area (Å²) in [6, 6.07) is 0. The molecule has 4 heteroatoms. The second-order valence-electron chi connectivity index (χ2n) is 5.03. The predicted molar refractivity (Wildman–Crippen MR) is 78.4 cm³/mol. The molecule has 0 spiro atoms. The quantitative estimate of drug-likeness (QED) is 0.769. The highest BCUT2D eigenvalue weighted by Gasteiger charge is 2.08. The first-order valence-corrected chi connectivity index (χ1v) is 8.13. The molecular weight excluding hydrogens is 242 g/mol. The summed E-state index contributed by atoms with van der Waals surface area (Å²) in [5.74, 6) is 0. The molecule has 1 aromatic heterocycles. The molecule has 1 aromatic rings. The maximum Gasteiger partial charge on any atom is 0.0928 e. The van der Waals surface area contributed by atoms with Crippen molar-refractivity contribution < 1.29 is 0 Å². The van der Waals surface area contributed by atoms with E-state index in [2.05, 4.69) is 27.5 Å². The van der Waals surface area contributed by atoms with E-state index >= 15 is 0 Å². The number of rotatable bonds is 7. The van der Waals surface area contributed by atoms with Crippen LogP contribution in [-0.4, -0.2) is 42.6 Å². The van der Waals surface area contributed by atoms with E-state index in [0.29, 0.717) is 0 Å². The molecule has 0 saturated carbocycles. The summed E-state index contributed by atoms with van der Waals surface area (Å²) in [6.07, 6.45) is 6.09. The van der Waals surface area contributed by atoms with Gasteiger partial charge in [-0.3, -0.25) is 0 Å². The number of nitrogens with one attached hydrogen (secondary N) is 1. The Morgan fingerprint density at radius 3 is 2.89 bits per heavy atom. The molecule has 1 aliphatic heterocycles. The van der Waals surface area contributed by atoms with Crippen molar-refractivity contribution in [2.45, 2.75) is 39.0 Å². The van der Waals surface area contributed by atoms with Gasteiger partial charge in [-0.25, -0.2) is 4.98 Å². The number of piperazine rings is 1. The molecule has 1 saturated heterocycles. The van der Waals surface area contributed by atoms with Gasteiger partial charge in [-0.1, -0.05) is 13.3 Å². The summed E-state index contributed by atoms with van der Waals surface area (Å²) in [5, 5.41) is 6.96. The van der Waals surface area contributed by atoms with Crippen LogP contribution >= 0.6 is 11.3 Å². The number of aromatic nitrogens is 1. The lowest BCUT2D eigenvalue weighted by molar-refractivity contribution is 0.237. The minimum Gasteiger partial charge on any atom is -0.314 e. The van der Waals surface area contributed by atoms with E-state index in [0.717, 1.165) is 19.5 Å². The van der Waals surface area contributed by atoms with Crippen LogP contribution in [0.1, 0.15) is 36.9 Å². The third kappa shape index (κ3) is 4.67. The Balaban J connectivity index is 1.59. The SMILES string of the molecule is CCCc1csc(CCCCN2CCNCC2)n1. The van der Waals surface area contributed by atoms with Crippen LogP contribution in [0, 0.1) is 0 Å². The largest absolute Gasteiger partial charge is 0.314 e. The van der Waals surface area contributed by atoms with Crippen molar-refractivity contribution in [3.63, 3.8) is 0 Å². The summed E-state index contributed by atoms with van der Waals surface area (Å²) in [4.78, 5) is 7.25. The maximum atomic E-state index is 4.68. The number of hydrogen-bond donors (Lipinski definition) is 1. The molecule has 0 aliphatic carbocycles. The smallest absolute Gasteiger partial charge is 0.0928 e. The molecule has 0 amide bonds. The molecule has 1 N–H and O–H groups in total. The third-order valence-electron chi connectivity index (χ3n) is 3.43. The molecule has 0 bridgehead atoms. The fraction of sp³-hybridized carbons (Fsp3) is 0.786. The van der Waals surface area contributed by atoms with E-state index in [1.54, 1.807) is 0 Å². The number of aryl methyl sites for hydroxylation is 2. The van der Waals surface area contributed by atoms with Gasteiger partial charge >= 0.3 is 0 Å². The van der Waals surface area contributed by atoms with Crippen molar-refractivity contribution in [2.75, 3.05) is 32.7 Å². The van der Waals surface area contributed by atoms with Crippen LogP contribution in [0.3, 0.4) is 0 Å². The van der Waals surface area contributed by atoms with Crippen LogP contribution in [0.15, 0.2) is 5.38 Å². The fourth-order valence-electron chi connectivity index (χ4n) is 2.38. The lowest BCUT2D eigenvalue weighted by atomic mass is 10.2. The van der Waals surface area contributed by atoms with Crippen LogP contribution in [0.25, 0.3) is 0 Å². The first-order chi connectivity index (χ1) is 8.88. The maximum absolute atomic E-state index is 4.68. The van der Waals surface area contributed by atoms with Crippen molar-refractivity contribution in [2.24, 2.45) is 0 Å². The number of unbranched alkanes of at least 4 members (excludes halogenated alkanes) is 1. The molecular formula is C14H25N3S. The number of hydrogen-bond acceptors (Lipinski definition) is 4. The van der Waals surface area contributed by atoms with Gasteiger partial charge in [-0.05, 0) is 32.2 Å². The first kappa shape index (κ1) is 14.0. The molecule has 0 aromatic carbocycles. The van der Waals surface area contributed by atoms with Crippen LogP contribution in [0.4, 0.5) is 0 Å². The first-order valence-electron chi connectivity index (χ1n) is 7.25. The van der Waals surface area contributed by atoms with Crippen LogP contribution in [0.5, 0.6) is 0 Å². The van der Waals surface area contributed by atoms with Gasteiger partial charge in [-0.2, -0.15) is 0 Å². The highest BCUT2D eigenvalue weighted by Crippen LogP contribution is 2.14. The number of thiazole rings is 1. The molecule has 102 valence electrons. The van der Waals surface area contributed by atoms with Gasteiger partial charge in [0.15, 0.2) is 0 Å². The normalized spacial score (nSPS) is 17.2. The van der Waals surface area contributed by atoms with Crippen molar-refractivity contribution in [1.82, 2.24) is 15.2 Å². The average Bonchev–Trinajstić information content (AvgIpc) is 2.84. The van der Waals surface area contributed by atoms with E-state index in [9.17, 15) is 0 Å². The summed E-state index contributed by atoms with van der Waals surface area (Å²) in [5.41, 5.74) is 1.29. The van der Waals surface area contributed by atoms with Gasteiger partial charge < -0.3 is 10.2 Å². The van der Waals surface area contributed by atoms with Crippen LogP contribution in [0.2, 0.25) is 0 Å². The summed E-state index contributed by atoms with van der Waals surface area (Å²) < 4.78 is 0. The van der Waals surface area contributed by atoms with Gasteiger partial charge in [0.2, 0.25) is 0 Å². The monoisotopic (exact) mass is 267 g/mol. The predicted octanol–water partition coefficient (Wildman–Crippen LogP) is 2.32. The molecule has 0 atom stereocenters. The van der Waals surface area contributed by atoms with E-state index in [1.807, 2.05) is 11.3 Å². The lowest BCUT2D eigenvalue weighted by Crippen LogP contribution is -2.43. The molecule has 2 rings (SSSR count). The zero-order valence-corrected chi connectivity index (χ0v) is 12.3. The van der Waals surface area contributed by atoms with E-state index in [1.165, 1.54) is 56.0 Å².